The lowest BCUT2D eigenvalue weighted by atomic mass is 9.84. The van der Waals surface area contributed by atoms with Crippen LogP contribution in [0.15, 0.2) is 0 Å². The molecule has 0 rings (SSSR count). The predicted molar refractivity (Wildman–Crippen MR) is 40.7 cm³/mol. The molecule has 0 bridgehead atoms. The summed E-state index contributed by atoms with van der Waals surface area (Å²) in [6.07, 6.45) is 0.362. The van der Waals surface area contributed by atoms with Crippen LogP contribution in [0.2, 0.25) is 0 Å². The minimum Gasteiger partial charge on any atom is -0.396 e. The molecule has 62 valence electrons. The molecule has 0 saturated heterocycles. The molecule has 0 atom stereocenters. The third kappa shape index (κ3) is 3.15. The van der Waals surface area contributed by atoms with E-state index in [9.17, 15) is 4.79 Å². The Hall–Kier alpha value is -0.880. The zero-order valence-corrected chi connectivity index (χ0v) is 6.92. The number of nitrogens with zero attached hydrogens (tertiary/aromatic N) is 1. The summed E-state index contributed by atoms with van der Waals surface area (Å²) in [5.74, 6) is -0.103. The van der Waals surface area contributed by atoms with E-state index in [1.54, 1.807) is 19.9 Å². The molecule has 0 aromatic rings. The molecule has 1 N–H and O–H groups in total. The highest BCUT2D eigenvalue weighted by molar-refractivity contribution is 5.85. The van der Waals surface area contributed by atoms with Crippen LogP contribution in [0.25, 0.3) is 0 Å². The average molecular weight is 155 g/mol. The maximum atomic E-state index is 11.1. The molecular formula is C8H13NO2. The number of Topliss-reactive ketones (excluding diaryl/α,β-unsaturated/α-hetero) is 1. The zero-order chi connectivity index (χ0) is 8.91. The Morgan fingerprint density at radius 3 is 2.55 bits per heavy atom. The Morgan fingerprint density at radius 1 is 1.64 bits per heavy atom. The van der Waals surface area contributed by atoms with Crippen molar-refractivity contribution in [1.82, 2.24) is 0 Å². The first-order chi connectivity index (χ1) is 5.04. The van der Waals surface area contributed by atoms with Gasteiger partial charge in [-0.25, -0.2) is 0 Å². The molecule has 0 fully saturated rings. The monoisotopic (exact) mass is 155 g/mol. The first-order valence-corrected chi connectivity index (χ1v) is 3.55. The summed E-state index contributed by atoms with van der Waals surface area (Å²) in [7, 11) is 0. The van der Waals surface area contributed by atoms with Gasteiger partial charge >= 0.3 is 0 Å². The number of ketones is 1. The highest BCUT2D eigenvalue weighted by Gasteiger charge is 2.25. The third-order valence-corrected chi connectivity index (χ3v) is 1.73. The highest BCUT2D eigenvalue weighted by Crippen LogP contribution is 2.22. The summed E-state index contributed by atoms with van der Waals surface area (Å²) in [6, 6.07) is 1.80. The van der Waals surface area contributed by atoms with Crippen LogP contribution in [-0.4, -0.2) is 17.5 Å². The summed E-state index contributed by atoms with van der Waals surface area (Å²) in [5.41, 5.74) is -0.551. The SMILES string of the molecule is CC(C)(CCO)C(=O)CC#N. The van der Waals surface area contributed by atoms with Crippen molar-refractivity contribution in [3.05, 3.63) is 0 Å². The van der Waals surface area contributed by atoms with Gasteiger partial charge in [-0.1, -0.05) is 13.8 Å². The number of hydrogen-bond donors (Lipinski definition) is 1. The summed E-state index contributed by atoms with van der Waals surface area (Å²) >= 11 is 0. The first kappa shape index (κ1) is 10.1. The third-order valence-electron chi connectivity index (χ3n) is 1.73. The average Bonchev–Trinajstić information content (AvgIpc) is 1.88. The van der Waals surface area contributed by atoms with Crippen LogP contribution in [0.3, 0.4) is 0 Å². The van der Waals surface area contributed by atoms with Gasteiger partial charge in [0.15, 0.2) is 5.78 Å². The van der Waals surface area contributed by atoms with Crippen molar-refractivity contribution >= 4 is 5.78 Å². The van der Waals surface area contributed by atoms with Crippen LogP contribution < -0.4 is 0 Å². The Kier molecular flexibility index (Phi) is 3.77. The van der Waals surface area contributed by atoms with Gasteiger partial charge in [0.05, 0.1) is 12.5 Å². The molecule has 0 amide bonds. The summed E-state index contributed by atoms with van der Waals surface area (Å²) in [5, 5.41) is 16.8. The number of carbonyl (C=O) groups is 1. The lowest BCUT2D eigenvalue weighted by molar-refractivity contribution is -0.126. The standard InChI is InChI=1S/C8H13NO2/c1-8(2,4-6-10)7(11)3-5-9/h10H,3-4,6H2,1-2H3. The Bertz CT molecular complexity index is 179. The number of hydrogen-bond acceptors (Lipinski definition) is 3. The number of aliphatic hydroxyl groups excluding tert-OH is 1. The van der Waals surface area contributed by atoms with E-state index in [4.69, 9.17) is 10.4 Å². The Morgan fingerprint density at radius 2 is 2.18 bits per heavy atom. The number of carbonyl (C=O) groups excluding carboxylic acids is 1. The Balaban J connectivity index is 4.08. The van der Waals surface area contributed by atoms with Crippen molar-refractivity contribution in [3.63, 3.8) is 0 Å². The van der Waals surface area contributed by atoms with Crippen molar-refractivity contribution in [3.8, 4) is 6.07 Å². The van der Waals surface area contributed by atoms with E-state index in [0.717, 1.165) is 0 Å². The van der Waals surface area contributed by atoms with E-state index in [0.29, 0.717) is 6.42 Å². The molecule has 0 spiro atoms. The van der Waals surface area contributed by atoms with Gasteiger partial charge in [0.2, 0.25) is 0 Å². The summed E-state index contributed by atoms with van der Waals surface area (Å²) < 4.78 is 0. The molecule has 3 nitrogen and oxygen atoms in total. The van der Waals surface area contributed by atoms with E-state index >= 15 is 0 Å². The fraction of sp³-hybridized carbons (Fsp3) is 0.750. The second-order valence-electron chi connectivity index (χ2n) is 3.12. The van der Waals surface area contributed by atoms with Crippen molar-refractivity contribution < 1.29 is 9.90 Å². The lowest BCUT2D eigenvalue weighted by Crippen LogP contribution is -2.24. The van der Waals surface area contributed by atoms with Gasteiger partial charge < -0.3 is 5.11 Å². The molecule has 11 heavy (non-hydrogen) atoms. The zero-order valence-electron chi connectivity index (χ0n) is 6.92. The molecule has 0 radical (unpaired) electrons. The van der Waals surface area contributed by atoms with Gasteiger partial charge in [-0.05, 0) is 6.42 Å². The topological polar surface area (TPSA) is 61.1 Å². The van der Waals surface area contributed by atoms with E-state index in [1.165, 1.54) is 0 Å². The van der Waals surface area contributed by atoms with Crippen LogP contribution >= 0.6 is 0 Å². The number of aliphatic hydroxyl groups is 1. The Labute approximate surface area is 66.6 Å². The van der Waals surface area contributed by atoms with Crippen molar-refractivity contribution in [2.24, 2.45) is 5.41 Å². The molecule has 0 unspecified atom stereocenters. The highest BCUT2D eigenvalue weighted by atomic mass is 16.3. The molecule has 0 aliphatic rings. The second-order valence-corrected chi connectivity index (χ2v) is 3.12. The van der Waals surface area contributed by atoms with Crippen molar-refractivity contribution in [1.29, 1.82) is 5.26 Å². The smallest absolute Gasteiger partial charge is 0.152 e. The largest absolute Gasteiger partial charge is 0.396 e. The van der Waals surface area contributed by atoms with E-state index in [1.807, 2.05) is 0 Å². The van der Waals surface area contributed by atoms with Gasteiger partial charge in [0.1, 0.15) is 0 Å². The van der Waals surface area contributed by atoms with Crippen molar-refractivity contribution in [2.45, 2.75) is 26.7 Å². The fourth-order valence-corrected chi connectivity index (χ4v) is 0.730. The maximum absolute atomic E-state index is 11.1. The van der Waals surface area contributed by atoms with Crippen LogP contribution in [0.4, 0.5) is 0 Å². The van der Waals surface area contributed by atoms with Gasteiger partial charge in [-0.15, -0.1) is 0 Å². The molecule has 0 saturated carbocycles. The molecule has 0 aliphatic heterocycles. The van der Waals surface area contributed by atoms with Crippen molar-refractivity contribution in [2.75, 3.05) is 6.61 Å². The molecular weight excluding hydrogens is 142 g/mol. The van der Waals surface area contributed by atoms with E-state index < -0.39 is 5.41 Å². The van der Waals surface area contributed by atoms with Crippen LogP contribution in [0.5, 0.6) is 0 Å². The normalized spacial score (nSPS) is 10.7. The first-order valence-electron chi connectivity index (χ1n) is 3.55. The quantitative estimate of drug-likeness (QED) is 0.655. The lowest BCUT2D eigenvalue weighted by Gasteiger charge is -2.19. The minimum atomic E-state index is -0.551. The molecule has 0 aliphatic carbocycles. The maximum Gasteiger partial charge on any atom is 0.152 e. The second kappa shape index (κ2) is 4.09. The molecule has 0 aromatic heterocycles. The fourth-order valence-electron chi connectivity index (χ4n) is 0.730. The van der Waals surface area contributed by atoms with E-state index in [-0.39, 0.29) is 18.8 Å². The number of rotatable bonds is 4. The molecule has 0 aromatic carbocycles. The van der Waals surface area contributed by atoms with Gasteiger partial charge in [-0.2, -0.15) is 5.26 Å². The molecule has 0 heterocycles. The predicted octanol–water partition coefficient (Wildman–Crippen LogP) is 0.878. The van der Waals surface area contributed by atoms with Gasteiger partial charge in [0.25, 0.3) is 0 Å². The van der Waals surface area contributed by atoms with Crippen LogP contribution in [0, 0.1) is 16.7 Å². The minimum absolute atomic E-state index is 0.00975. The van der Waals surface area contributed by atoms with Gasteiger partial charge in [-0.3, -0.25) is 4.79 Å². The van der Waals surface area contributed by atoms with Crippen LogP contribution in [-0.2, 0) is 4.79 Å². The van der Waals surface area contributed by atoms with Crippen LogP contribution in [0.1, 0.15) is 26.7 Å². The number of nitriles is 1. The summed E-state index contributed by atoms with van der Waals surface area (Å²) in [6.45, 7) is 3.47. The van der Waals surface area contributed by atoms with E-state index in [2.05, 4.69) is 0 Å². The summed E-state index contributed by atoms with van der Waals surface area (Å²) in [4.78, 5) is 11.1. The van der Waals surface area contributed by atoms with Gasteiger partial charge in [0, 0.05) is 12.0 Å². The molecule has 3 heteroatoms.